The number of amides is 6. The van der Waals surface area contributed by atoms with E-state index in [2.05, 4.69) is 40.4 Å². The Balaban J connectivity index is 1.52. The lowest BCUT2D eigenvalue weighted by Crippen LogP contribution is -2.64. The van der Waals surface area contributed by atoms with Crippen LogP contribution < -0.4 is 26.6 Å². The number of nitrogens with one attached hydrogen (secondary N) is 5. The van der Waals surface area contributed by atoms with Gasteiger partial charge in [-0.15, -0.1) is 0 Å². The summed E-state index contributed by atoms with van der Waals surface area (Å²) in [6, 6.07) is 15.3. The van der Waals surface area contributed by atoms with Crippen LogP contribution in [0.1, 0.15) is 139 Å². The van der Waals surface area contributed by atoms with Crippen LogP contribution >= 0.6 is 0 Å². The minimum absolute atomic E-state index is 0.0984. The van der Waals surface area contributed by atoms with E-state index in [9.17, 15) is 34.0 Å². The van der Waals surface area contributed by atoms with Crippen LogP contribution in [0.3, 0.4) is 0 Å². The van der Waals surface area contributed by atoms with Crippen molar-refractivity contribution in [1.29, 1.82) is 0 Å². The van der Waals surface area contributed by atoms with Gasteiger partial charge in [0.05, 0.1) is 12.0 Å². The summed E-state index contributed by atoms with van der Waals surface area (Å²) in [5, 5.41) is 27.0. The van der Waals surface area contributed by atoms with Gasteiger partial charge in [-0.2, -0.15) is 5.06 Å². The SMILES string of the molecule is CC(=C[C@H](Cc1ccccc1)C(=O)N1CCC[C@H]1C(=O)N[C@H](C(=O)N[C@@H](CCCNC(=O)OCc1ccccc1)C(=O)NC1CC(C)(C)N(O)C(C)(C)C1)C(C)C)[C@H](CC(C)C)NC(=O)OC(C)(C)C. The molecule has 0 spiro atoms. The average Bonchev–Trinajstić information content (AvgIpc) is 3.77. The van der Waals surface area contributed by atoms with Crippen LogP contribution in [0.5, 0.6) is 0 Å². The fourth-order valence-corrected chi connectivity index (χ4v) is 9.57. The van der Waals surface area contributed by atoms with Crippen LogP contribution in [0.4, 0.5) is 9.59 Å². The number of rotatable bonds is 21. The molecule has 2 aliphatic rings. The van der Waals surface area contributed by atoms with Crippen molar-refractivity contribution in [2.75, 3.05) is 13.1 Å². The molecule has 0 aromatic heterocycles. The second kappa shape index (κ2) is 25.6. The minimum atomic E-state index is -1.06. The van der Waals surface area contributed by atoms with Crippen LogP contribution in [-0.4, -0.2) is 111 Å². The third kappa shape index (κ3) is 17.7. The Morgan fingerprint density at radius 1 is 0.814 bits per heavy atom. The molecular weight excluding hydrogens is 891 g/mol. The Morgan fingerprint density at radius 3 is 1.99 bits per heavy atom. The molecule has 0 aliphatic carbocycles. The van der Waals surface area contributed by atoms with Crippen LogP contribution in [0.2, 0.25) is 0 Å². The van der Waals surface area contributed by atoms with E-state index in [1.165, 1.54) is 5.06 Å². The molecule has 6 amide bonds. The van der Waals surface area contributed by atoms with Gasteiger partial charge in [-0.3, -0.25) is 19.2 Å². The first-order valence-electron chi connectivity index (χ1n) is 25.1. The van der Waals surface area contributed by atoms with E-state index in [1.54, 1.807) is 39.5 Å². The van der Waals surface area contributed by atoms with Gasteiger partial charge in [0.2, 0.25) is 23.6 Å². The number of carbonyl (C=O) groups is 6. The van der Waals surface area contributed by atoms with E-state index < -0.39 is 82.6 Å². The van der Waals surface area contributed by atoms with Crippen molar-refractivity contribution in [3.8, 4) is 0 Å². The molecule has 2 fully saturated rings. The molecule has 4 rings (SSSR count). The highest BCUT2D eigenvalue weighted by atomic mass is 16.6. The van der Waals surface area contributed by atoms with Crippen molar-refractivity contribution < 1.29 is 43.4 Å². The number of hydroxylamine groups is 2. The first-order valence-corrected chi connectivity index (χ1v) is 25.1. The standard InChI is InChI=1S/C54H83N7O9/c1-35(2)29-43(58-51(67)70-52(6,7)8)37(5)30-40(31-38-21-15-13-16-22-38)49(65)60-28-20-26-44(60)47(63)59-45(36(3)4)48(64)57-42(25-19-27-55-50(66)69-34-39-23-17-14-18-24-39)46(62)56-41-32-53(9,10)61(68)54(11,12)33-41/h13-18,21-24,30,35-36,40-45,68H,19-20,25-29,31-34H2,1-12H3,(H,55,66)(H,56,62)(H,57,64)(H,58,67)(H,59,63)/t40-,42+,43+,44+,45+/m1/s1. The van der Waals surface area contributed by atoms with Gasteiger partial charge < -0.3 is 46.2 Å². The molecule has 0 unspecified atom stereocenters. The Hall–Kier alpha value is -5.48. The molecule has 0 bridgehead atoms. The highest BCUT2D eigenvalue weighted by Gasteiger charge is 2.46. The van der Waals surface area contributed by atoms with Crippen molar-refractivity contribution in [2.45, 2.75) is 188 Å². The molecule has 2 heterocycles. The molecule has 0 radical (unpaired) electrons. The summed E-state index contributed by atoms with van der Waals surface area (Å²) in [4.78, 5) is 84.8. The van der Waals surface area contributed by atoms with Crippen LogP contribution in [0, 0.1) is 17.8 Å². The molecule has 16 heteroatoms. The molecule has 70 heavy (non-hydrogen) atoms. The number of hydrogen-bond acceptors (Lipinski definition) is 10. The summed E-state index contributed by atoms with van der Waals surface area (Å²) in [6.45, 7) is 23.3. The van der Waals surface area contributed by atoms with Crippen molar-refractivity contribution in [3.63, 3.8) is 0 Å². The van der Waals surface area contributed by atoms with Gasteiger partial charge >= 0.3 is 12.2 Å². The first kappa shape index (κ1) is 57.1. The van der Waals surface area contributed by atoms with Gasteiger partial charge in [0.15, 0.2) is 0 Å². The van der Waals surface area contributed by atoms with Crippen LogP contribution in [0.15, 0.2) is 72.3 Å². The topological polar surface area (TPSA) is 208 Å². The molecule has 6 N–H and O–H groups in total. The second-order valence-corrected chi connectivity index (χ2v) is 22.2. The van der Waals surface area contributed by atoms with E-state index in [4.69, 9.17) is 9.47 Å². The molecule has 2 aromatic rings. The largest absolute Gasteiger partial charge is 0.445 e. The third-order valence-corrected chi connectivity index (χ3v) is 12.9. The van der Waals surface area contributed by atoms with Crippen molar-refractivity contribution in [2.24, 2.45) is 17.8 Å². The van der Waals surface area contributed by atoms with E-state index in [0.29, 0.717) is 51.5 Å². The number of nitrogens with zero attached hydrogens (tertiary/aromatic N) is 2. The Kier molecular flexibility index (Phi) is 20.9. The van der Waals surface area contributed by atoms with E-state index >= 15 is 0 Å². The highest BCUT2D eigenvalue weighted by Crippen LogP contribution is 2.37. The first-order chi connectivity index (χ1) is 32.8. The summed E-state index contributed by atoms with van der Waals surface area (Å²) in [6.07, 6.45) is 4.09. The van der Waals surface area contributed by atoms with Crippen LogP contribution in [-0.2, 0) is 41.7 Å². The van der Waals surface area contributed by atoms with Crippen LogP contribution in [0.25, 0.3) is 0 Å². The number of alkyl carbamates (subject to hydrolysis) is 2. The monoisotopic (exact) mass is 974 g/mol. The lowest BCUT2D eigenvalue weighted by Gasteiger charge is -2.51. The molecule has 16 nitrogen and oxygen atoms in total. The average molecular weight is 974 g/mol. The van der Waals surface area contributed by atoms with E-state index in [1.807, 2.05) is 101 Å². The normalized spacial score (nSPS) is 19.1. The summed E-state index contributed by atoms with van der Waals surface area (Å²) in [5.74, 6) is -2.54. The van der Waals surface area contributed by atoms with Gasteiger partial charge in [0.25, 0.3) is 0 Å². The lowest BCUT2D eigenvalue weighted by atomic mass is 9.79. The van der Waals surface area contributed by atoms with E-state index in [-0.39, 0.29) is 37.4 Å². The zero-order chi connectivity index (χ0) is 52.0. The quantitative estimate of drug-likeness (QED) is 0.0534. The van der Waals surface area contributed by atoms with Gasteiger partial charge in [-0.1, -0.05) is 100 Å². The molecule has 388 valence electrons. The maximum absolute atomic E-state index is 14.8. The van der Waals surface area contributed by atoms with Crippen molar-refractivity contribution >= 4 is 35.8 Å². The van der Waals surface area contributed by atoms with Crippen molar-refractivity contribution in [3.05, 3.63) is 83.4 Å². The zero-order valence-electron chi connectivity index (χ0n) is 43.9. The predicted octanol–water partition coefficient (Wildman–Crippen LogP) is 7.58. The lowest BCUT2D eigenvalue weighted by molar-refractivity contribution is -0.246. The van der Waals surface area contributed by atoms with Gasteiger partial charge in [-0.05, 0) is 130 Å². The number of ether oxygens (including phenoxy) is 2. The number of likely N-dealkylation sites (tertiary alicyclic amines) is 1. The Morgan fingerprint density at radius 2 is 1.41 bits per heavy atom. The van der Waals surface area contributed by atoms with Gasteiger partial charge in [0.1, 0.15) is 30.3 Å². The molecular formula is C54H83N7O9. The maximum atomic E-state index is 14.8. The van der Waals surface area contributed by atoms with E-state index in [0.717, 1.165) is 16.7 Å². The van der Waals surface area contributed by atoms with Crippen molar-refractivity contribution in [1.82, 2.24) is 36.5 Å². The molecule has 2 saturated heterocycles. The summed E-state index contributed by atoms with van der Waals surface area (Å²) in [5.41, 5.74) is 0.597. The number of carbonyl (C=O) groups excluding carboxylic acids is 6. The third-order valence-electron chi connectivity index (χ3n) is 12.9. The second-order valence-electron chi connectivity index (χ2n) is 22.2. The summed E-state index contributed by atoms with van der Waals surface area (Å²) >= 11 is 0. The molecule has 5 atom stereocenters. The number of benzene rings is 2. The molecule has 2 aromatic carbocycles. The zero-order valence-corrected chi connectivity index (χ0v) is 43.9. The fourth-order valence-electron chi connectivity index (χ4n) is 9.57. The highest BCUT2D eigenvalue weighted by molar-refractivity contribution is 5.95. The van der Waals surface area contributed by atoms with Gasteiger partial charge in [0, 0.05) is 30.2 Å². The molecule has 0 saturated carbocycles. The number of hydrogen-bond donors (Lipinski definition) is 6. The Labute approximate surface area is 416 Å². The Bertz CT molecular complexity index is 2070. The summed E-state index contributed by atoms with van der Waals surface area (Å²) in [7, 11) is 0. The fraction of sp³-hybridized carbons (Fsp3) is 0.630. The number of piperidine rings is 1. The predicted molar refractivity (Wildman–Crippen MR) is 270 cm³/mol. The maximum Gasteiger partial charge on any atom is 0.408 e. The summed E-state index contributed by atoms with van der Waals surface area (Å²) < 4.78 is 10.9. The minimum Gasteiger partial charge on any atom is -0.445 e. The smallest absolute Gasteiger partial charge is 0.408 e. The van der Waals surface area contributed by atoms with Gasteiger partial charge in [-0.25, -0.2) is 9.59 Å². The molecule has 2 aliphatic heterocycles.